The summed E-state index contributed by atoms with van der Waals surface area (Å²) >= 11 is 0. The Bertz CT molecular complexity index is 616. The van der Waals surface area contributed by atoms with Crippen molar-refractivity contribution < 1.29 is 9.59 Å². The maximum atomic E-state index is 11.9. The SMILES string of the molecule is CNC(=O)Cc1ccc(NC(=O)c2cnn(C)c2)cc1. The summed E-state index contributed by atoms with van der Waals surface area (Å²) in [6, 6.07) is 7.17. The van der Waals surface area contributed by atoms with E-state index in [1.54, 1.807) is 37.1 Å². The van der Waals surface area contributed by atoms with Gasteiger partial charge in [-0.05, 0) is 17.7 Å². The van der Waals surface area contributed by atoms with Gasteiger partial charge in [-0.1, -0.05) is 12.1 Å². The van der Waals surface area contributed by atoms with Gasteiger partial charge >= 0.3 is 0 Å². The van der Waals surface area contributed by atoms with Crippen molar-refractivity contribution in [1.82, 2.24) is 15.1 Å². The molecule has 0 aliphatic carbocycles. The maximum absolute atomic E-state index is 11.9. The van der Waals surface area contributed by atoms with Crippen LogP contribution in [0.4, 0.5) is 5.69 Å². The summed E-state index contributed by atoms with van der Waals surface area (Å²) in [5.41, 5.74) is 2.07. The molecule has 1 heterocycles. The molecule has 2 N–H and O–H groups in total. The lowest BCUT2D eigenvalue weighted by molar-refractivity contribution is -0.119. The molecule has 0 unspecified atom stereocenters. The Kier molecular flexibility index (Phi) is 4.14. The first-order valence-corrected chi connectivity index (χ1v) is 6.18. The Balaban J connectivity index is 2.00. The molecule has 0 spiro atoms. The summed E-state index contributed by atoms with van der Waals surface area (Å²) in [6.07, 6.45) is 3.48. The van der Waals surface area contributed by atoms with Gasteiger partial charge in [0.2, 0.25) is 5.91 Å². The Labute approximate surface area is 116 Å². The topological polar surface area (TPSA) is 76.0 Å². The molecule has 104 valence electrons. The van der Waals surface area contributed by atoms with Gasteiger partial charge in [0.05, 0.1) is 18.2 Å². The van der Waals surface area contributed by atoms with E-state index in [1.165, 1.54) is 6.20 Å². The van der Waals surface area contributed by atoms with Crippen LogP contribution in [0, 0.1) is 0 Å². The Morgan fingerprint density at radius 1 is 1.25 bits per heavy atom. The van der Waals surface area contributed by atoms with Gasteiger partial charge in [0.1, 0.15) is 0 Å². The van der Waals surface area contributed by atoms with Crippen LogP contribution >= 0.6 is 0 Å². The summed E-state index contributed by atoms with van der Waals surface area (Å²) in [7, 11) is 3.36. The minimum atomic E-state index is -0.211. The zero-order valence-corrected chi connectivity index (χ0v) is 11.4. The number of amides is 2. The van der Waals surface area contributed by atoms with E-state index in [4.69, 9.17) is 0 Å². The number of nitrogens with one attached hydrogen (secondary N) is 2. The first kappa shape index (κ1) is 13.8. The lowest BCUT2D eigenvalue weighted by Crippen LogP contribution is -2.19. The summed E-state index contributed by atoms with van der Waals surface area (Å²) < 4.78 is 1.57. The van der Waals surface area contributed by atoms with Crippen LogP contribution in [0.5, 0.6) is 0 Å². The fourth-order valence-electron chi connectivity index (χ4n) is 1.72. The first-order valence-electron chi connectivity index (χ1n) is 6.18. The highest BCUT2D eigenvalue weighted by atomic mass is 16.2. The molecular weight excluding hydrogens is 256 g/mol. The fraction of sp³-hybridized carbons (Fsp3) is 0.214. The van der Waals surface area contributed by atoms with Crippen LogP contribution < -0.4 is 10.6 Å². The first-order chi connectivity index (χ1) is 9.58. The van der Waals surface area contributed by atoms with E-state index in [0.29, 0.717) is 17.7 Å². The number of nitrogens with zero attached hydrogens (tertiary/aromatic N) is 2. The summed E-state index contributed by atoms with van der Waals surface area (Å²) in [4.78, 5) is 23.1. The highest BCUT2D eigenvalue weighted by Crippen LogP contribution is 2.11. The molecule has 1 aromatic heterocycles. The third-order valence-electron chi connectivity index (χ3n) is 2.82. The number of benzene rings is 1. The molecule has 6 heteroatoms. The summed E-state index contributed by atoms with van der Waals surface area (Å²) in [5.74, 6) is -0.255. The number of carbonyl (C=O) groups is 2. The standard InChI is InChI=1S/C14H16N4O2/c1-15-13(19)7-10-3-5-12(6-4-10)17-14(20)11-8-16-18(2)9-11/h3-6,8-9H,7H2,1-2H3,(H,15,19)(H,17,20). The molecule has 0 aliphatic heterocycles. The molecule has 0 saturated carbocycles. The van der Waals surface area contributed by atoms with Gasteiger partial charge in [-0.2, -0.15) is 5.10 Å². The number of rotatable bonds is 4. The van der Waals surface area contributed by atoms with Crippen LogP contribution in [0.25, 0.3) is 0 Å². The third-order valence-corrected chi connectivity index (χ3v) is 2.82. The molecule has 0 radical (unpaired) electrons. The minimum absolute atomic E-state index is 0.0443. The molecule has 0 atom stereocenters. The molecule has 2 aromatic rings. The molecule has 0 saturated heterocycles. The van der Waals surface area contributed by atoms with Gasteiger partial charge in [-0.25, -0.2) is 0 Å². The number of anilines is 1. The van der Waals surface area contributed by atoms with Crippen LogP contribution in [0.2, 0.25) is 0 Å². The minimum Gasteiger partial charge on any atom is -0.359 e. The zero-order chi connectivity index (χ0) is 14.5. The van der Waals surface area contributed by atoms with E-state index < -0.39 is 0 Å². The van der Waals surface area contributed by atoms with E-state index in [9.17, 15) is 9.59 Å². The van der Waals surface area contributed by atoms with Crippen LogP contribution in [-0.2, 0) is 18.3 Å². The number of aryl methyl sites for hydroxylation is 1. The second-order valence-corrected chi connectivity index (χ2v) is 4.40. The third kappa shape index (κ3) is 3.44. The lowest BCUT2D eigenvalue weighted by Gasteiger charge is -2.05. The molecule has 0 aliphatic rings. The van der Waals surface area contributed by atoms with Crippen molar-refractivity contribution in [3.8, 4) is 0 Å². The van der Waals surface area contributed by atoms with Crippen LogP contribution in [0.15, 0.2) is 36.7 Å². The van der Waals surface area contributed by atoms with Gasteiger partial charge in [0.25, 0.3) is 5.91 Å². The van der Waals surface area contributed by atoms with Gasteiger partial charge in [-0.3, -0.25) is 14.3 Å². The molecule has 2 amide bonds. The van der Waals surface area contributed by atoms with Crippen LogP contribution in [0.3, 0.4) is 0 Å². The average molecular weight is 272 g/mol. The number of hydrogen-bond donors (Lipinski definition) is 2. The monoisotopic (exact) mass is 272 g/mol. The normalized spacial score (nSPS) is 10.1. The maximum Gasteiger partial charge on any atom is 0.258 e. The Hall–Kier alpha value is -2.63. The van der Waals surface area contributed by atoms with Gasteiger partial charge in [0, 0.05) is 26.0 Å². The highest BCUT2D eigenvalue weighted by Gasteiger charge is 2.08. The predicted octanol–water partition coefficient (Wildman–Crippen LogP) is 0.961. The largest absolute Gasteiger partial charge is 0.359 e. The second-order valence-electron chi connectivity index (χ2n) is 4.40. The fourth-order valence-corrected chi connectivity index (χ4v) is 1.72. The molecule has 20 heavy (non-hydrogen) atoms. The van der Waals surface area contributed by atoms with E-state index in [-0.39, 0.29) is 11.8 Å². The number of hydrogen-bond acceptors (Lipinski definition) is 3. The molecule has 1 aromatic carbocycles. The number of likely N-dealkylation sites (N-methyl/N-ethyl adjacent to an activating group) is 1. The second kappa shape index (κ2) is 6.01. The molecule has 0 fully saturated rings. The van der Waals surface area contributed by atoms with Crippen LogP contribution in [-0.4, -0.2) is 28.6 Å². The predicted molar refractivity (Wildman–Crippen MR) is 75.4 cm³/mol. The van der Waals surface area contributed by atoms with E-state index in [0.717, 1.165) is 5.56 Å². The van der Waals surface area contributed by atoms with E-state index in [2.05, 4.69) is 15.7 Å². The van der Waals surface area contributed by atoms with Gasteiger partial charge < -0.3 is 10.6 Å². The Morgan fingerprint density at radius 3 is 2.50 bits per heavy atom. The molecular formula is C14H16N4O2. The van der Waals surface area contributed by atoms with Crippen molar-refractivity contribution in [1.29, 1.82) is 0 Å². The molecule has 0 bridgehead atoms. The van der Waals surface area contributed by atoms with Crippen molar-refractivity contribution in [3.05, 3.63) is 47.8 Å². The lowest BCUT2D eigenvalue weighted by atomic mass is 10.1. The van der Waals surface area contributed by atoms with Gasteiger partial charge in [0.15, 0.2) is 0 Å². The Morgan fingerprint density at radius 2 is 1.95 bits per heavy atom. The van der Waals surface area contributed by atoms with E-state index in [1.807, 2.05) is 12.1 Å². The van der Waals surface area contributed by atoms with Gasteiger partial charge in [-0.15, -0.1) is 0 Å². The van der Waals surface area contributed by atoms with Crippen molar-refractivity contribution in [2.75, 3.05) is 12.4 Å². The average Bonchev–Trinajstić information content (AvgIpc) is 2.87. The summed E-state index contributed by atoms with van der Waals surface area (Å²) in [6.45, 7) is 0. The molecule has 6 nitrogen and oxygen atoms in total. The smallest absolute Gasteiger partial charge is 0.258 e. The zero-order valence-electron chi connectivity index (χ0n) is 11.4. The molecule has 2 rings (SSSR count). The summed E-state index contributed by atoms with van der Waals surface area (Å²) in [5, 5.41) is 9.29. The van der Waals surface area contributed by atoms with Crippen LogP contribution in [0.1, 0.15) is 15.9 Å². The van der Waals surface area contributed by atoms with Crippen molar-refractivity contribution in [3.63, 3.8) is 0 Å². The quantitative estimate of drug-likeness (QED) is 0.870. The highest BCUT2D eigenvalue weighted by molar-refractivity contribution is 6.03. The van der Waals surface area contributed by atoms with Crippen molar-refractivity contribution in [2.24, 2.45) is 7.05 Å². The van der Waals surface area contributed by atoms with E-state index >= 15 is 0 Å². The number of carbonyl (C=O) groups excluding carboxylic acids is 2. The van der Waals surface area contributed by atoms with Crippen molar-refractivity contribution in [2.45, 2.75) is 6.42 Å². The number of aromatic nitrogens is 2. The van der Waals surface area contributed by atoms with Crippen molar-refractivity contribution >= 4 is 17.5 Å².